The standard InChI is InChI=1S/C20H23F2N5O/c1-13(2)28-14-6-9-27-16(11-24-19(27)10-14)15-4-3-5-18(25-15)26-17-12-23-8-7-20(17,21)22/h3-6,9-11,13,17,23H,7-8,12H2,1-2H3,(H,25,26). The van der Waals surface area contributed by atoms with Gasteiger partial charge in [-0.2, -0.15) is 0 Å². The number of hydrogen-bond acceptors (Lipinski definition) is 5. The molecule has 1 unspecified atom stereocenters. The summed E-state index contributed by atoms with van der Waals surface area (Å²) >= 11 is 0. The number of nitrogens with zero attached hydrogens (tertiary/aromatic N) is 3. The first-order valence-corrected chi connectivity index (χ1v) is 9.39. The number of aromatic nitrogens is 3. The van der Waals surface area contributed by atoms with Gasteiger partial charge in [0.05, 0.1) is 23.7 Å². The van der Waals surface area contributed by atoms with E-state index in [2.05, 4.69) is 20.6 Å². The van der Waals surface area contributed by atoms with Crippen LogP contribution >= 0.6 is 0 Å². The molecule has 1 aliphatic heterocycles. The maximum Gasteiger partial charge on any atom is 0.270 e. The van der Waals surface area contributed by atoms with Gasteiger partial charge in [0.25, 0.3) is 5.92 Å². The predicted molar refractivity (Wildman–Crippen MR) is 104 cm³/mol. The molecule has 148 valence electrons. The number of hydrogen-bond donors (Lipinski definition) is 2. The van der Waals surface area contributed by atoms with Crippen molar-refractivity contribution in [3.8, 4) is 17.1 Å². The van der Waals surface area contributed by atoms with Gasteiger partial charge in [-0.15, -0.1) is 0 Å². The summed E-state index contributed by atoms with van der Waals surface area (Å²) in [6.07, 6.45) is 3.49. The number of imidazole rings is 1. The van der Waals surface area contributed by atoms with Gasteiger partial charge in [-0.3, -0.25) is 4.40 Å². The lowest BCUT2D eigenvalue weighted by molar-refractivity contribution is -0.0384. The van der Waals surface area contributed by atoms with E-state index in [1.165, 1.54) is 0 Å². The molecule has 1 aliphatic rings. The Morgan fingerprint density at radius 2 is 2.18 bits per heavy atom. The number of nitrogens with one attached hydrogen (secondary N) is 2. The fraction of sp³-hybridized carbons (Fsp3) is 0.400. The maximum atomic E-state index is 14.1. The number of piperidine rings is 1. The molecule has 0 radical (unpaired) electrons. The second kappa shape index (κ2) is 7.35. The minimum atomic E-state index is -2.76. The highest BCUT2D eigenvalue weighted by molar-refractivity contribution is 5.63. The van der Waals surface area contributed by atoms with Gasteiger partial charge in [0.15, 0.2) is 0 Å². The van der Waals surface area contributed by atoms with Crippen LogP contribution in [0.4, 0.5) is 14.6 Å². The molecule has 3 aromatic rings. The quantitative estimate of drug-likeness (QED) is 0.701. The van der Waals surface area contributed by atoms with Gasteiger partial charge in [-0.25, -0.2) is 18.7 Å². The second-order valence-electron chi connectivity index (χ2n) is 7.22. The Bertz CT molecular complexity index is 972. The van der Waals surface area contributed by atoms with Crippen LogP contribution < -0.4 is 15.4 Å². The lowest BCUT2D eigenvalue weighted by Crippen LogP contribution is -2.52. The van der Waals surface area contributed by atoms with Crippen LogP contribution in [0.5, 0.6) is 5.75 Å². The molecule has 0 amide bonds. The molecule has 2 N–H and O–H groups in total. The molecule has 0 bridgehead atoms. The van der Waals surface area contributed by atoms with Crippen LogP contribution in [-0.4, -0.2) is 45.5 Å². The first-order valence-electron chi connectivity index (χ1n) is 9.39. The van der Waals surface area contributed by atoms with Gasteiger partial charge >= 0.3 is 0 Å². The minimum absolute atomic E-state index is 0.0775. The average molecular weight is 387 g/mol. The van der Waals surface area contributed by atoms with E-state index in [0.717, 1.165) is 17.1 Å². The third-order valence-corrected chi connectivity index (χ3v) is 4.68. The Hall–Kier alpha value is -2.74. The molecule has 0 saturated carbocycles. The van der Waals surface area contributed by atoms with Crippen LogP contribution in [0.3, 0.4) is 0 Å². The van der Waals surface area contributed by atoms with E-state index in [1.807, 2.05) is 42.6 Å². The number of rotatable bonds is 5. The zero-order valence-corrected chi connectivity index (χ0v) is 15.8. The molecule has 0 aromatic carbocycles. The van der Waals surface area contributed by atoms with E-state index in [0.29, 0.717) is 18.1 Å². The van der Waals surface area contributed by atoms with Gasteiger partial charge in [0.2, 0.25) is 0 Å². The Labute approximate surface area is 162 Å². The van der Waals surface area contributed by atoms with Crippen LogP contribution in [0.25, 0.3) is 17.0 Å². The molecule has 28 heavy (non-hydrogen) atoms. The van der Waals surface area contributed by atoms with E-state index in [1.54, 1.807) is 18.3 Å². The monoisotopic (exact) mass is 387 g/mol. The molecule has 1 fully saturated rings. The van der Waals surface area contributed by atoms with Crippen molar-refractivity contribution in [2.24, 2.45) is 0 Å². The summed E-state index contributed by atoms with van der Waals surface area (Å²) in [7, 11) is 0. The molecule has 8 heteroatoms. The smallest absolute Gasteiger partial charge is 0.270 e. The van der Waals surface area contributed by atoms with E-state index in [9.17, 15) is 8.78 Å². The normalized spacial score (nSPS) is 19.1. The number of fused-ring (bicyclic) bond motifs is 1. The molecule has 3 aromatic heterocycles. The van der Waals surface area contributed by atoms with Gasteiger partial charge < -0.3 is 15.4 Å². The Morgan fingerprint density at radius 1 is 1.32 bits per heavy atom. The highest BCUT2D eigenvalue weighted by Gasteiger charge is 2.41. The highest BCUT2D eigenvalue weighted by atomic mass is 19.3. The predicted octanol–water partition coefficient (Wildman–Crippen LogP) is 3.59. The topological polar surface area (TPSA) is 63.5 Å². The third kappa shape index (κ3) is 3.77. The average Bonchev–Trinajstić information content (AvgIpc) is 3.06. The van der Waals surface area contributed by atoms with Crippen molar-refractivity contribution in [1.29, 1.82) is 0 Å². The van der Waals surface area contributed by atoms with Gasteiger partial charge in [0, 0.05) is 31.8 Å². The molecule has 0 spiro atoms. The lowest BCUT2D eigenvalue weighted by Gasteiger charge is -2.32. The second-order valence-corrected chi connectivity index (χ2v) is 7.22. The summed E-state index contributed by atoms with van der Waals surface area (Å²) in [5.41, 5.74) is 2.17. The summed E-state index contributed by atoms with van der Waals surface area (Å²) < 4.78 is 35.8. The van der Waals surface area contributed by atoms with Crippen molar-refractivity contribution in [2.75, 3.05) is 18.4 Å². The van der Waals surface area contributed by atoms with Crippen LogP contribution in [0.15, 0.2) is 42.7 Å². The third-order valence-electron chi connectivity index (χ3n) is 4.68. The van der Waals surface area contributed by atoms with E-state index >= 15 is 0 Å². The number of ether oxygens (including phenoxy) is 1. The Balaban J connectivity index is 1.60. The zero-order chi connectivity index (χ0) is 19.7. The molecule has 4 heterocycles. The fourth-order valence-electron chi connectivity index (χ4n) is 3.31. The van der Waals surface area contributed by atoms with Crippen molar-refractivity contribution in [2.45, 2.75) is 38.3 Å². The lowest BCUT2D eigenvalue weighted by atomic mass is 10.0. The molecule has 6 nitrogen and oxygen atoms in total. The van der Waals surface area contributed by atoms with Crippen molar-refractivity contribution in [3.05, 3.63) is 42.7 Å². The SMILES string of the molecule is CC(C)Oc1ccn2c(-c3cccc(NC4CNCCC4(F)F)n3)cnc2c1. The first kappa shape index (κ1) is 18.6. The van der Waals surface area contributed by atoms with Gasteiger partial charge in [0.1, 0.15) is 23.3 Å². The van der Waals surface area contributed by atoms with Crippen molar-refractivity contribution in [1.82, 2.24) is 19.7 Å². The van der Waals surface area contributed by atoms with Crippen LogP contribution in [0.2, 0.25) is 0 Å². The van der Waals surface area contributed by atoms with Crippen LogP contribution in [-0.2, 0) is 0 Å². The molecule has 1 saturated heterocycles. The maximum absolute atomic E-state index is 14.1. The summed E-state index contributed by atoms with van der Waals surface area (Å²) in [5, 5.41) is 5.88. The molecule has 0 aliphatic carbocycles. The van der Waals surface area contributed by atoms with Gasteiger partial charge in [-0.1, -0.05) is 6.07 Å². The minimum Gasteiger partial charge on any atom is -0.491 e. The number of halogens is 2. The van der Waals surface area contributed by atoms with Crippen LogP contribution in [0.1, 0.15) is 20.3 Å². The van der Waals surface area contributed by atoms with Crippen LogP contribution in [0, 0.1) is 0 Å². The molecule has 1 atom stereocenters. The number of alkyl halides is 2. The van der Waals surface area contributed by atoms with E-state index < -0.39 is 12.0 Å². The number of pyridine rings is 2. The molecule has 4 rings (SSSR count). The molecular weight excluding hydrogens is 364 g/mol. The zero-order valence-electron chi connectivity index (χ0n) is 15.8. The molecular formula is C20H23F2N5O. The fourth-order valence-corrected chi connectivity index (χ4v) is 3.31. The largest absolute Gasteiger partial charge is 0.491 e. The highest BCUT2D eigenvalue weighted by Crippen LogP contribution is 2.28. The van der Waals surface area contributed by atoms with E-state index in [-0.39, 0.29) is 19.1 Å². The summed E-state index contributed by atoms with van der Waals surface area (Å²) in [4.78, 5) is 8.96. The van der Waals surface area contributed by atoms with Crippen molar-refractivity contribution >= 4 is 11.5 Å². The Morgan fingerprint density at radius 3 is 2.96 bits per heavy atom. The summed E-state index contributed by atoms with van der Waals surface area (Å²) in [6.45, 7) is 4.46. The summed E-state index contributed by atoms with van der Waals surface area (Å²) in [6, 6.07) is 8.08. The van der Waals surface area contributed by atoms with Gasteiger partial charge in [-0.05, 0) is 32.0 Å². The number of anilines is 1. The first-order chi connectivity index (χ1) is 13.4. The Kier molecular flexibility index (Phi) is 4.89. The van der Waals surface area contributed by atoms with Crippen molar-refractivity contribution in [3.63, 3.8) is 0 Å². The van der Waals surface area contributed by atoms with Crippen molar-refractivity contribution < 1.29 is 13.5 Å². The summed E-state index contributed by atoms with van der Waals surface area (Å²) in [5.74, 6) is -1.60. The van der Waals surface area contributed by atoms with E-state index in [4.69, 9.17) is 4.74 Å².